The van der Waals surface area contributed by atoms with E-state index < -0.39 is 0 Å². The van der Waals surface area contributed by atoms with Crippen molar-refractivity contribution in [3.8, 4) is 0 Å². The second kappa shape index (κ2) is 2.92. The highest BCUT2D eigenvalue weighted by atomic mass is 16.2. The van der Waals surface area contributed by atoms with Crippen molar-refractivity contribution in [1.29, 1.82) is 0 Å². The third kappa shape index (κ3) is 1.24. The molecule has 3 heteroatoms. The van der Waals surface area contributed by atoms with Crippen LogP contribution in [0.3, 0.4) is 0 Å². The second-order valence-electron chi connectivity index (χ2n) is 2.57. The van der Waals surface area contributed by atoms with Crippen LogP contribution in [0.1, 0.15) is 26.2 Å². The molecule has 1 N–H and O–H groups in total. The summed E-state index contributed by atoms with van der Waals surface area (Å²) < 4.78 is 0. The quantitative estimate of drug-likeness (QED) is 0.509. The van der Waals surface area contributed by atoms with E-state index in [9.17, 15) is 9.59 Å². The van der Waals surface area contributed by atoms with Crippen molar-refractivity contribution in [2.45, 2.75) is 26.2 Å². The van der Waals surface area contributed by atoms with E-state index in [-0.39, 0.29) is 11.8 Å². The molecule has 10 heavy (non-hydrogen) atoms. The van der Waals surface area contributed by atoms with E-state index in [0.717, 1.165) is 6.42 Å². The van der Waals surface area contributed by atoms with E-state index in [1.165, 1.54) is 0 Å². The summed E-state index contributed by atoms with van der Waals surface area (Å²) in [5.74, 6) is 0.152. The molecule has 1 aliphatic rings. The van der Waals surface area contributed by atoms with Crippen molar-refractivity contribution in [3.63, 3.8) is 0 Å². The molecule has 1 rings (SSSR count). The van der Waals surface area contributed by atoms with Gasteiger partial charge in [0.05, 0.1) is 19.4 Å². The monoisotopic (exact) mass is 142 g/mol. The van der Waals surface area contributed by atoms with Crippen LogP contribution in [-0.4, -0.2) is 18.4 Å². The van der Waals surface area contributed by atoms with Gasteiger partial charge >= 0.3 is 11.8 Å². The zero-order chi connectivity index (χ0) is 7.56. The molecule has 1 heterocycles. The van der Waals surface area contributed by atoms with Gasteiger partial charge in [-0.05, 0) is 6.42 Å². The summed E-state index contributed by atoms with van der Waals surface area (Å²) in [4.78, 5) is 22.4. The number of nitrogens with one attached hydrogen (secondary N) is 1. The van der Waals surface area contributed by atoms with Crippen LogP contribution in [0.4, 0.5) is 0 Å². The number of hydrogen-bond acceptors (Lipinski definition) is 2. The third-order valence-electron chi connectivity index (χ3n) is 1.75. The average molecular weight is 142 g/mol. The fourth-order valence-electron chi connectivity index (χ4n) is 1.21. The topological polar surface area (TPSA) is 38.6 Å². The van der Waals surface area contributed by atoms with Gasteiger partial charge in [-0.2, -0.15) is 0 Å². The fourth-order valence-corrected chi connectivity index (χ4v) is 1.21. The molecule has 1 aliphatic heterocycles. The molecule has 0 bridgehead atoms. The molecule has 2 amide bonds. The minimum absolute atomic E-state index is 0.0758. The highest BCUT2D eigenvalue weighted by molar-refractivity contribution is 5.88. The summed E-state index contributed by atoms with van der Waals surface area (Å²) >= 11 is 0. The van der Waals surface area contributed by atoms with Crippen LogP contribution in [-0.2, 0) is 9.59 Å². The zero-order valence-electron chi connectivity index (χ0n) is 6.14. The lowest BCUT2D eigenvalue weighted by Crippen LogP contribution is -3.14. The van der Waals surface area contributed by atoms with E-state index in [1.807, 2.05) is 6.92 Å². The predicted molar refractivity (Wildman–Crippen MR) is 35.4 cm³/mol. The Bertz CT molecular complexity index is 149. The maximum Gasteiger partial charge on any atom is 0.320 e. The van der Waals surface area contributed by atoms with E-state index in [0.29, 0.717) is 24.3 Å². The van der Waals surface area contributed by atoms with Crippen molar-refractivity contribution in [3.05, 3.63) is 0 Å². The fraction of sp³-hybridized carbons (Fsp3) is 0.714. The minimum atomic E-state index is 0.0758. The highest BCUT2D eigenvalue weighted by Crippen LogP contribution is 1.92. The first-order valence-electron chi connectivity index (χ1n) is 3.68. The molecule has 1 saturated heterocycles. The Kier molecular flexibility index (Phi) is 2.17. The number of imide groups is 1. The molecule has 0 aliphatic carbocycles. The largest absolute Gasteiger partial charge is 0.320 e. The van der Waals surface area contributed by atoms with Gasteiger partial charge in [-0.1, -0.05) is 6.92 Å². The lowest BCUT2D eigenvalue weighted by Gasteiger charge is -2.03. The number of carbonyl (C=O) groups is 2. The number of carbonyl (C=O) groups excluding carboxylic acids is 2. The first-order valence-corrected chi connectivity index (χ1v) is 3.68. The molecule has 3 nitrogen and oxygen atoms in total. The maximum absolute atomic E-state index is 10.9. The number of rotatable bonds is 2. The van der Waals surface area contributed by atoms with Crippen molar-refractivity contribution in [2.75, 3.05) is 6.54 Å². The first kappa shape index (κ1) is 7.41. The van der Waals surface area contributed by atoms with Gasteiger partial charge in [0, 0.05) is 0 Å². The Balaban J connectivity index is 2.54. The van der Waals surface area contributed by atoms with E-state index in [4.69, 9.17) is 0 Å². The molecule has 0 spiro atoms. The minimum Gasteiger partial charge on any atom is -0.230 e. The Labute approximate surface area is 60.0 Å². The van der Waals surface area contributed by atoms with Gasteiger partial charge in [-0.25, -0.2) is 14.5 Å². The SMILES string of the molecule is CCC[NH+]1C(=O)CCC1=O. The Hall–Kier alpha value is -0.700. The van der Waals surface area contributed by atoms with Crippen molar-refractivity contribution < 1.29 is 14.5 Å². The first-order chi connectivity index (χ1) is 4.75. The summed E-state index contributed by atoms with van der Waals surface area (Å²) in [5, 5.41) is 0. The number of likely N-dealkylation sites (tertiary alicyclic amines) is 1. The van der Waals surface area contributed by atoms with Gasteiger partial charge in [0.25, 0.3) is 0 Å². The normalized spacial score (nSPS) is 20.5. The second-order valence-corrected chi connectivity index (χ2v) is 2.57. The number of amides is 2. The zero-order valence-corrected chi connectivity index (χ0v) is 6.14. The Morgan fingerprint density at radius 3 is 2.20 bits per heavy atom. The predicted octanol–water partition coefficient (Wildman–Crippen LogP) is -0.872. The summed E-state index contributed by atoms with van der Waals surface area (Å²) in [6.07, 6.45) is 1.80. The van der Waals surface area contributed by atoms with Crippen LogP contribution in [0.5, 0.6) is 0 Å². The van der Waals surface area contributed by atoms with Gasteiger partial charge in [0.2, 0.25) is 0 Å². The van der Waals surface area contributed by atoms with Crippen molar-refractivity contribution in [2.24, 2.45) is 0 Å². The van der Waals surface area contributed by atoms with Crippen LogP contribution in [0.25, 0.3) is 0 Å². The highest BCUT2D eigenvalue weighted by Gasteiger charge is 2.34. The number of hydrogen-bond donors (Lipinski definition) is 1. The molecule has 0 atom stereocenters. The molecule has 0 aromatic carbocycles. The summed E-state index contributed by atoms with van der Waals surface area (Å²) in [6.45, 7) is 2.66. The average Bonchev–Trinajstić information content (AvgIpc) is 2.20. The van der Waals surface area contributed by atoms with Crippen molar-refractivity contribution in [1.82, 2.24) is 0 Å². The molecule has 0 radical (unpaired) electrons. The molecule has 0 unspecified atom stereocenters. The number of quaternary nitrogens is 1. The molecule has 0 aromatic rings. The summed E-state index contributed by atoms with van der Waals surface area (Å²) in [6, 6.07) is 0. The van der Waals surface area contributed by atoms with Gasteiger partial charge in [-0.3, -0.25) is 0 Å². The molecular formula is C7H12NO2+. The summed E-state index contributed by atoms with van der Waals surface area (Å²) in [7, 11) is 0. The lowest BCUT2D eigenvalue weighted by molar-refractivity contribution is -0.732. The summed E-state index contributed by atoms with van der Waals surface area (Å²) in [5.41, 5.74) is 0. The molecule has 1 fully saturated rings. The van der Waals surface area contributed by atoms with Gasteiger partial charge in [-0.15, -0.1) is 0 Å². The molecular weight excluding hydrogens is 130 g/mol. The van der Waals surface area contributed by atoms with Gasteiger partial charge in [0.15, 0.2) is 0 Å². The van der Waals surface area contributed by atoms with Crippen LogP contribution >= 0.6 is 0 Å². The molecule has 56 valence electrons. The van der Waals surface area contributed by atoms with Crippen LogP contribution < -0.4 is 4.90 Å². The Morgan fingerprint density at radius 1 is 1.30 bits per heavy atom. The van der Waals surface area contributed by atoms with E-state index in [1.54, 1.807) is 0 Å². The van der Waals surface area contributed by atoms with Crippen LogP contribution in [0, 0.1) is 0 Å². The van der Waals surface area contributed by atoms with E-state index >= 15 is 0 Å². The smallest absolute Gasteiger partial charge is 0.230 e. The standard InChI is InChI=1S/C7H11NO2/c1-2-5-8-6(9)3-4-7(8)10/h2-5H2,1H3/p+1. The van der Waals surface area contributed by atoms with Gasteiger partial charge in [0.1, 0.15) is 0 Å². The van der Waals surface area contributed by atoms with Gasteiger partial charge < -0.3 is 0 Å². The van der Waals surface area contributed by atoms with E-state index in [2.05, 4.69) is 0 Å². The van der Waals surface area contributed by atoms with Crippen LogP contribution in [0.15, 0.2) is 0 Å². The lowest BCUT2D eigenvalue weighted by atomic mass is 10.4. The molecule has 0 saturated carbocycles. The third-order valence-corrected chi connectivity index (χ3v) is 1.75. The molecule has 0 aromatic heterocycles. The van der Waals surface area contributed by atoms with Crippen LogP contribution in [0.2, 0.25) is 0 Å². The van der Waals surface area contributed by atoms with Crippen molar-refractivity contribution >= 4 is 11.8 Å². The Morgan fingerprint density at radius 2 is 1.80 bits per heavy atom. The maximum atomic E-state index is 10.9.